The van der Waals surface area contributed by atoms with Crippen LogP contribution in [0, 0.1) is 0 Å². The Hall–Kier alpha value is -1.98. The highest BCUT2D eigenvalue weighted by Crippen LogP contribution is 2.17. The van der Waals surface area contributed by atoms with E-state index in [-0.39, 0.29) is 12.6 Å². The Morgan fingerprint density at radius 2 is 1.78 bits per heavy atom. The Balaban J connectivity index is 1.69. The van der Waals surface area contributed by atoms with Gasteiger partial charge in [0.05, 0.1) is 7.11 Å². The van der Waals surface area contributed by atoms with Crippen molar-refractivity contribution in [2.24, 2.45) is 5.73 Å². The van der Waals surface area contributed by atoms with Crippen molar-refractivity contribution in [2.75, 3.05) is 12.9 Å². The maximum atomic E-state index is 11.9. The number of hydrogen-bond donors (Lipinski definition) is 1. The van der Waals surface area contributed by atoms with Crippen molar-refractivity contribution in [3.05, 3.63) is 65.7 Å². The van der Waals surface area contributed by atoms with E-state index in [1.807, 2.05) is 54.6 Å². The van der Waals surface area contributed by atoms with E-state index in [0.29, 0.717) is 5.75 Å². The molecule has 2 aromatic rings. The molecule has 4 nitrogen and oxygen atoms in total. The van der Waals surface area contributed by atoms with E-state index in [1.54, 1.807) is 18.9 Å². The Bertz CT molecular complexity index is 601. The molecule has 0 fully saturated rings. The summed E-state index contributed by atoms with van der Waals surface area (Å²) in [5.41, 5.74) is 8.00. The van der Waals surface area contributed by atoms with Gasteiger partial charge in [0.25, 0.3) is 0 Å². The fourth-order valence-electron chi connectivity index (χ4n) is 1.93. The lowest BCUT2D eigenvalue weighted by atomic mass is 10.2. The van der Waals surface area contributed by atoms with E-state index < -0.39 is 6.04 Å². The first-order valence-electron chi connectivity index (χ1n) is 7.36. The lowest BCUT2D eigenvalue weighted by Crippen LogP contribution is -2.34. The number of thioether (sulfide) groups is 1. The molecule has 0 amide bonds. The third-order valence-corrected chi connectivity index (χ3v) is 4.38. The van der Waals surface area contributed by atoms with Crippen LogP contribution < -0.4 is 10.5 Å². The quantitative estimate of drug-likeness (QED) is 0.754. The van der Waals surface area contributed by atoms with Gasteiger partial charge in [-0.25, -0.2) is 0 Å². The standard InChI is InChI=1S/C18H21NO3S/c1-21-16-9-7-15(8-10-16)12-23-13-17(19)18(20)22-11-14-5-3-2-4-6-14/h2-10,17H,11-13,19H2,1H3/t17-/m1/s1. The zero-order valence-electron chi connectivity index (χ0n) is 13.1. The average molecular weight is 331 g/mol. The second kappa shape index (κ2) is 9.22. The molecule has 0 heterocycles. The molecule has 2 rings (SSSR count). The van der Waals surface area contributed by atoms with E-state index in [9.17, 15) is 4.79 Å². The molecule has 2 aromatic carbocycles. The van der Waals surface area contributed by atoms with Crippen LogP contribution in [0.3, 0.4) is 0 Å². The predicted octanol–water partition coefficient (Wildman–Crippen LogP) is 3.00. The molecular formula is C18H21NO3S. The van der Waals surface area contributed by atoms with Crippen molar-refractivity contribution >= 4 is 17.7 Å². The molecule has 0 unspecified atom stereocenters. The van der Waals surface area contributed by atoms with Gasteiger partial charge in [0.15, 0.2) is 0 Å². The van der Waals surface area contributed by atoms with E-state index in [2.05, 4.69) is 0 Å². The van der Waals surface area contributed by atoms with Crippen LogP contribution in [0.1, 0.15) is 11.1 Å². The van der Waals surface area contributed by atoms with Crippen LogP contribution in [-0.2, 0) is 21.9 Å². The molecule has 0 aliphatic carbocycles. The minimum atomic E-state index is -0.609. The van der Waals surface area contributed by atoms with Crippen LogP contribution in [0.15, 0.2) is 54.6 Å². The number of carbonyl (C=O) groups is 1. The second-order valence-corrected chi connectivity index (χ2v) is 6.09. The first-order chi connectivity index (χ1) is 11.2. The molecule has 0 aliphatic rings. The maximum Gasteiger partial charge on any atom is 0.324 e. The minimum Gasteiger partial charge on any atom is -0.497 e. The molecule has 0 bridgehead atoms. The van der Waals surface area contributed by atoms with Crippen LogP contribution in [0.4, 0.5) is 0 Å². The molecule has 2 N–H and O–H groups in total. The van der Waals surface area contributed by atoms with Crippen molar-refractivity contribution in [2.45, 2.75) is 18.4 Å². The smallest absolute Gasteiger partial charge is 0.324 e. The number of ether oxygens (including phenoxy) is 2. The first kappa shape index (κ1) is 17.4. The van der Waals surface area contributed by atoms with Crippen LogP contribution >= 0.6 is 11.8 Å². The lowest BCUT2D eigenvalue weighted by molar-refractivity contribution is -0.145. The van der Waals surface area contributed by atoms with Crippen molar-refractivity contribution < 1.29 is 14.3 Å². The molecule has 0 aliphatic heterocycles. The van der Waals surface area contributed by atoms with E-state index in [1.165, 1.54) is 5.56 Å². The number of carbonyl (C=O) groups excluding carboxylic acids is 1. The Morgan fingerprint density at radius 3 is 2.43 bits per heavy atom. The number of esters is 1. The number of methoxy groups -OCH3 is 1. The fourth-order valence-corrected chi connectivity index (χ4v) is 2.87. The van der Waals surface area contributed by atoms with Gasteiger partial charge in [-0.3, -0.25) is 4.79 Å². The van der Waals surface area contributed by atoms with Crippen LogP contribution in [-0.4, -0.2) is 24.9 Å². The van der Waals surface area contributed by atoms with Gasteiger partial charge in [-0.15, -0.1) is 0 Å². The monoisotopic (exact) mass is 331 g/mol. The summed E-state index contributed by atoms with van der Waals surface area (Å²) in [6.07, 6.45) is 0. The number of nitrogens with two attached hydrogens (primary N) is 1. The number of hydrogen-bond acceptors (Lipinski definition) is 5. The summed E-state index contributed by atoms with van der Waals surface area (Å²) in [6, 6.07) is 16.8. The van der Waals surface area contributed by atoms with Gasteiger partial charge in [0, 0.05) is 11.5 Å². The van der Waals surface area contributed by atoms with Gasteiger partial charge < -0.3 is 15.2 Å². The molecule has 122 valence electrons. The molecule has 5 heteroatoms. The molecule has 23 heavy (non-hydrogen) atoms. The SMILES string of the molecule is COc1ccc(CSC[C@@H](N)C(=O)OCc2ccccc2)cc1. The second-order valence-electron chi connectivity index (χ2n) is 5.06. The van der Waals surface area contributed by atoms with Crippen molar-refractivity contribution in [3.63, 3.8) is 0 Å². The normalized spacial score (nSPS) is 11.7. The van der Waals surface area contributed by atoms with Gasteiger partial charge >= 0.3 is 5.97 Å². The van der Waals surface area contributed by atoms with Gasteiger partial charge in [-0.1, -0.05) is 42.5 Å². The maximum absolute atomic E-state index is 11.9. The van der Waals surface area contributed by atoms with E-state index in [4.69, 9.17) is 15.2 Å². The summed E-state index contributed by atoms with van der Waals surface area (Å²) >= 11 is 1.61. The summed E-state index contributed by atoms with van der Waals surface area (Å²) in [5.74, 6) is 1.79. The van der Waals surface area contributed by atoms with Crippen molar-refractivity contribution in [1.29, 1.82) is 0 Å². The molecule has 0 spiro atoms. The summed E-state index contributed by atoms with van der Waals surface area (Å²) in [4.78, 5) is 11.9. The lowest BCUT2D eigenvalue weighted by Gasteiger charge is -2.11. The van der Waals surface area contributed by atoms with Gasteiger partial charge in [-0.05, 0) is 23.3 Å². The molecule has 0 saturated heterocycles. The van der Waals surface area contributed by atoms with E-state index in [0.717, 1.165) is 17.1 Å². The molecular weight excluding hydrogens is 310 g/mol. The highest BCUT2D eigenvalue weighted by atomic mass is 32.2. The van der Waals surface area contributed by atoms with Gasteiger partial charge in [0.2, 0.25) is 0 Å². The van der Waals surface area contributed by atoms with Gasteiger partial charge in [0.1, 0.15) is 18.4 Å². The summed E-state index contributed by atoms with van der Waals surface area (Å²) in [5, 5.41) is 0. The molecule has 1 atom stereocenters. The van der Waals surface area contributed by atoms with Gasteiger partial charge in [-0.2, -0.15) is 11.8 Å². The van der Waals surface area contributed by atoms with Crippen molar-refractivity contribution in [3.8, 4) is 5.75 Å². The highest BCUT2D eigenvalue weighted by Gasteiger charge is 2.15. The van der Waals surface area contributed by atoms with Crippen LogP contribution in [0.25, 0.3) is 0 Å². The van der Waals surface area contributed by atoms with E-state index >= 15 is 0 Å². The number of rotatable bonds is 8. The molecule has 0 saturated carbocycles. The van der Waals surface area contributed by atoms with Crippen LogP contribution in [0.2, 0.25) is 0 Å². The summed E-state index contributed by atoms with van der Waals surface area (Å²) < 4.78 is 10.3. The fraction of sp³-hybridized carbons (Fsp3) is 0.278. The summed E-state index contributed by atoms with van der Waals surface area (Å²) in [6.45, 7) is 0.260. The Labute approximate surface area is 141 Å². The number of benzene rings is 2. The zero-order valence-corrected chi connectivity index (χ0v) is 13.9. The molecule has 0 radical (unpaired) electrons. The molecule has 0 aromatic heterocycles. The highest BCUT2D eigenvalue weighted by molar-refractivity contribution is 7.98. The van der Waals surface area contributed by atoms with Crippen LogP contribution in [0.5, 0.6) is 5.75 Å². The average Bonchev–Trinajstić information content (AvgIpc) is 2.61. The Morgan fingerprint density at radius 1 is 1.09 bits per heavy atom. The summed E-state index contributed by atoms with van der Waals surface area (Å²) in [7, 11) is 1.64. The minimum absolute atomic E-state index is 0.260. The zero-order chi connectivity index (χ0) is 16.5. The van der Waals surface area contributed by atoms with Crippen molar-refractivity contribution in [1.82, 2.24) is 0 Å². The topological polar surface area (TPSA) is 61.5 Å². The largest absolute Gasteiger partial charge is 0.497 e. The third-order valence-electron chi connectivity index (χ3n) is 3.25. The first-order valence-corrected chi connectivity index (χ1v) is 8.51. The predicted molar refractivity (Wildman–Crippen MR) is 93.4 cm³/mol. The third kappa shape index (κ3) is 5.96. The Kier molecular flexibility index (Phi) is 6.97.